The van der Waals surface area contributed by atoms with Gasteiger partial charge in [0.1, 0.15) is 6.17 Å². The summed E-state index contributed by atoms with van der Waals surface area (Å²) < 4.78 is 13.2. The van der Waals surface area contributed by atoms with Gasteiger partial charge in [0.2, 0.25) is 0 Å². The fraction of sp³-hybridized carbons (Fsp3) is 0.333. The smallest absolute Gasteiger partial charge is 0.138 e. The van der Waals surface area contributed by atoms with E-state index in [0.717, 1.165) is 17.7 Å². The second-order valence-electron chi connectivity index (χ2n) is 2.94. The molecule has 0 bridgehead atoms. The summed E-state index contributed by atoms with van der Waals surface area (Å²) in [7, 11) is 0. The van der Waals surface area contributed by atoms with Crippen molar-refractivity contribution in [3.05, 3.63) is 34.3 Å². The average molecular weight is 186 g/mol. The molecule has 0 fully saturated rings. The first-order valence-electron chi connectivity index (χ1n) is 3.90. The molecule has 0 aromatic heterocycles. The van der Waals surface area contributed by atoms with Crippen LogP contribution in [0.3, 0.4) is 0 Å². The first-order chi connectivity index (χ1) is 5.77. The molecule has 1 atom stereocenters. The summed E-state index contributed by atoms with van der Waals surface area (Å²) in [5.74, 6) is 0. The molecule has 0 saturated carbocycles. The van der Waals surface area contributed by atoms with E-state index >= 15 is 0 Å². The predicted octanol–water partition coefficient (Wildman–Crippen LogP) is 2.45. The van der Waals surface area contributed by atoms with Crippen molar-refractivity contribution in [3.8, 4) is 0 Å². The number of hydrogen-bond acceptors (Lipinski definition) is 1. The molecule has 0 saturated heterocycles. The van der Waals surface area contributed by atoms with Crippen LogP contribution in [-0.2, 0) is 6.54 Å². The van der Waals surface area contributed by atoms with Crippen molar-refractivity contribution < 1.29 is 4.39 Å². The minimum Gasteiger partial charge on any atom is -0.309 e. The first-order valence-corrected chi connectivity index (χ1v) is 4.28. The minimum absolute atomic E-state index is 0.396. The topological polar surface area (TPSA) is 12.0 Å². The van der Waals surface area contributed by atoms with Crippen molar-refractivity contribution in [2.45, 2.75) is 12.7 Å². The highest BCUT2D eigenvalue weighted by Gasteiger charge is 2.18. The van der Waals surface area contributed by atoms with Crippen LogP contribution < -0.4 is 5.32 Å². The van der Waals surface area contributed by atoms with Crippen molar-refractivity contribution >= 4 is 11.6 Å². The Labute approximate surface area is 75.5 Å². The van der Waals surface area contributed by atoms with Gasteiger partial charge >= 0.3 is 0 Å². The molecular weight excluding hydrogens is 177 g/mol. The van der Waals surface area contributed by atoms with E-state index in [9.17, 15) is 4.39 Å². The maximum Gasteiger partial charge on any atom is 0.138 e. The zero-order chi connectivity index (χ0) is 8.55. The van der Waals surface area contributed by atoms with Crippen LogP contribution in [0.15, 0.2) is 18.2 Å². The molecule has 1 aliphatic rings. The van der Waals surface area contributed by atoms with Crippen molar-refractivity contribution in [2.75, 3.05) is 6.54 Å². The number of nitrogens with one attached hydrogen (secondary N) is 1. The summed E-state index contributed by atoms with van der Waals surface area (Å²) in [5, 5.41) is 3.60. The lowest BCUT2D eigenvalue weighted by atomic mass is 10.00. The van der Waals surface area contributed by atoms with Gasteiger partial charge in [0, 0.05) is 18.1 Å². The molecule has 1 heterocycles. The van der Waals surface area contributed by atoms with Gasteiger partial charge in [0.05, 0.1) is 0 Å². The molecule has 1 nitrogen and oxygen atoms in total. The standard InChI is InChI=1S/C9H9ClFN/c10-7-2-1-6-4-12-5-9(11)8(6)3-7/h1-3,9,12H,4-5H2. The molecule has 0 amide bonds. The Morgan fingerprint density at radius 2 is 2.33 bits per heavy atom. The third-order valence-corrected chi connectivity index (χ3v) is 2.32. The molecule has 1 aromatic carbocycles. The molecule has 1 unspecified atom stereocenters. The monoisotopic (exact) mass is 185 g/mol. The summed E-state index contributed by atoms with van der Waals surface area (Å²) >= 11 is 5.75. The van der Waals surface area contributed by atoms with Crippen molar-refractivity contribution in [3.63, 3.8) is 0 Å². The SMILES string of the molecule is FC1CNCc2ccc(Cl)cc21. The van der Waals surface area contributed by atoms with Crippen LogP contribution in [0.25, 0.3) is 0 Å². The van der Waals surface area contributed by atoms with Gasteiger partial charge in [-0.3, -0.25) is 0 Å². The molecule has 0 aliphatic carbocycles. The van der Waals surface area contributed by atoms with E-state index in [1.807, 2.05) is 6.07 Å². The lowest BCUT2D eigenvalue weighted by molar-refractivity contribution is 0.310. The number of rotatable bonds is 0. The Hall–Kier alpha value is -0.600. The summed E-state index contributed by atoms with van der Waals surface area (Å²) in [6, 6.07) is 5.37. The van der Waals surface area contributed by atoms with Gasteiger partial charge in [-0.05, 0) is 23.3 Å². The quantitative estimate of drug-likeness (QED) is 0.655. The third kappa shape index (κ3) is 1.32. The number of benzene rings is 1. The van der Waals surface area contributed by atoms with Gasteiger partial charge in [-0.1, -0.05) is 17.7 Å². The van der Waals surface area contributed by atoms with E-state index in [2.05, 4.69) is 5.32 Å². The van der Waals surface area contributed by atoms with Crippen molar-refractivity contribution in [1.82, 2.24) is 5.32 Å². The third-order valence-electron chi connectivity index (χ3n) is 2.08. The number of fused-ring (bicyclic) bond motifs is 1. The molecule has 64 valence electrons. The summed E-state index contributed by atoms with van der Waals surface area (Å²) in [5.41, 5.74) is 1.75. The van der Waals surface area contributed by atoms with E-state index in [1.54, 1.807) is 12.1 Å². The Bertz CT molecular complexity index is 301. The van der Waals surface area contributed by atoms with Crippen LogP contribution in [-0.4, -0.2) is 6.54 Å². The molecule has 3 heteroatoms. The molecular formula is C9H9ClFN. The minimum atomic E-state index is -0.910. The van der Waals surface area contributed by atoms with E-state index in [4.69, 9.17) is 11.6 Å². The lowest BCUT2D eigenvalue weighted by Gasteiger charge is -2.20. The van der Waals surface area contributed by atoms with Crippen molar-refractivity contribution in [2.24, 2.45) is 0 Å². The van der Waals surface area contributed by atoms with Crippen LogP contribution in [0.2, 0.25) is 5.02 Å². The fourth-order valence-corrected chi connectivity index (χ4v) is 1.64. The molecule has 1 aromatic rings. The van der Waals surface area contributed by atoms with Gasteiger partial charge in [-0.15, -0.1) is 0 Å². The van der Waals surface area contributed by atoms with Gasteiger partial charge in [-0.2, -0.15) is 0 Å². The number of hydrogen-bond donors (Lipinski definition) is 1. The molecule has 1 aliphatic heterocycles. The predicted molar refractivity (Wildman–Crippen MR) is 47.0 cm³/mol. The maximum atomic E-state index is 13.2. The van der Waals surface area contributed by atoms with E-state index in [0.29, 0.717) is 11.6 Å². The Balaban J connectivity index is 2.47. The second kappa shape index (κ2) is 3.04. The van der Waals surface area contributed by atoms with E-state index in [-0.39, 0.29) is 0 Å². The summed E-state index contributed by atoms with van der Waals surface area (Å²) in [4.78, 5) is 0. The second-order valence-corrected chi connectivity index (χ2v) is 3.38. The number of alkyl halides is 1. The maximum absolute atomic E-state index is 13.2. The van der Waals surface area contributed by atoms with Crippen LogP contribution in [0.1, 0.15) is 17.3 Å². The van der Waals surface area contributed by atoms with Gasteiger partial charge < -0.3 is 5.32 Å². The van der Waals surface area contributed by atoms with Crippen LogP contribution in [0.4, 0.5) is 4.39 Å². The highest BCUT2D eigenvalue weighted by Crippen LogP contribution is 2.27. The highest BCUT2D eigenvalue weighted by atomic mass is 35.5. The van der Waals surface area contributed by atoms with Crippen molar-refractivity contribution in [1.29, 1.82) is 0 Å². The van der Waals surface area contributed by atoms with Crippen LogP contribution >= 0.6 is 11.6 Å². The summed E-state index contributed by atoms with van der Waals surface area (Å²) in [6.07, 6.45) is -0.910. The highest BCUT2D eigenvalue weighted by molar-refractivity contribution is 6.30. The Morgan fingerprint density at radius 1 is 1.50 bits per heavy atom. The molecule has 0 radical (unpaired) electrons. The zero-order valence-corrected chi connectivity index (χ0v) is 7.24. The summed E-state index contributed by atoms with van der Waals surface area (Å²) in [6.45, 7) is 1.14. The Morgan fingerprint density at radius 3 is 3.17 bits per heavy atom. The molecule has 2 rings (SSSR count). The fourth-order valence-electron chi connectivity index (χ4n) is 1.46. The van der Waals surface area contributed by atoms with Gasteiger partial charge in [0.25, 0.3) is 0 Å². The lowest BCUT2D eigenvalue weighted by Crippen LogP contribution is -2.25. The first kappa shape index (κ1) is 8.02. The van der Waals surface area contributed by atoms with Gasteiger partial charge in [-0.25, -0.2) is 4.39 Å². The molecule has 0 spiro atoms. The molecule has 12 heavy (non-hydrogen) atoms. The Kier molecular flexibility index (Phi) is 2.03. The van der Waals surface area contributed by atoms with E-state index in [1.165, 1.54) is 0 Å². The number of halogens is 2. The van der Waals surface area contributed by atoms with E-state index < -0.39 is 6.17 Å². The molecule has 1 N–H and O–H groups in total. The largest absolute Gasteiger partial charge is 0.309 e. The van der Waals surface area contributed by atoms with Gasteiger partial charge in [0.15, 0.2) is 0 Å². The van der Waals surface area contributed by atoms with Crippen LogP contribution in [0.5, 0.6) is 0 Å². The zero-order valence-electron chi connectivity index (χ0n) is 6.48. The van der Waals surface area contributed by atoms with Crippen LogP contribution in [0, 0.1) is 0 Å². The normalized spacial score (nSPS) is 22.0. The average Bonchev–Trinajstić information content (AvgIpc) is 2.07.